The van der Waals surface area contributed by atoms with Crippen LogP contribution < -0.4 is 19.5 Å². The number of halogens is 1. The second-order valence-electron chi connectivity index (χ2n) is 6.41. The molecule has 0 aliphatic heterocycles. The predicted octanol–water partition coefficient (Wildman–Crippen LogP) is 3.63. The third-order valence-corrected chi connectivity index (χ3v) is 4.68. The van der Waals surface area contributed by atoms with E-state index in [9.17, 15) is 4.79 Å². The summed E-state index contributed by atoms with van der Waals surface area (Å²) in [5.74, 6) is 1.61. The zero-order chi connectivity index (χ0) is 19.1. The minimum Gasteiger partial charge on any atom is -0.493 e. The minimum atomic E-state index is -0.135. The number of methoxy groups -OCH3 is 1. The number of rotatable bonds is 7. The maximum absolute atomic E-state index is 12.2. The first-order valence-electron chi connectivity index (χ1n) is 8.97. The van der Waals surface area contributed by atoms with E-state index < -0.39 is 0 Å². The third kappa shape index (κ3) is 5.76. The zero-order valence-electron chi connectivity index (χ0n) is 15.2. The van der Waals surface area contributed by atoms with Crippen LogP contribution in [0, 0.1) is 0 Å². The number of para-hydroxylation sites is 2. The van der Waals surface area contributed by atoms with Crippen molar-refractivity contribution in [1.29, 1.82) is 0 Å². The van der Waals surface area contributed by atoms with Gasteiger partial charge in [-0.15, -0.1) is 0 Å². The molecule has 1 saturated carbocycles. The molecule has 2 aromatic rings. The molecule has 1 aromatic carbocycles. The maximum atomic E-state index is 12.2. The molecule has 0 spiro atoms. The fraction of sp³-hybridized carbons (Fsp3) is 0.400. The summed E-state index contributed by atoms with van der Waals surface area (Å²) in [5, 5.41) is 3.61. The fourth-order valence-electron chi connectivity index (χ4n) is 3.08. The van der Waals surface area contributed by atoms with Crippen LogP contribution >= 0.6 is 11.6 Å². The SMILES string of the molecule is COc1ccccc1OCC(=O)NC1CCC(Oc2ccc(Cl)cn2)CC1. The van der Waals surface area contributed by atoms with E-state index in [1.165, 1.54) is 0 Å². The molecule has 1 fully saturated rings. The first-order valence-corrected chi connectivity index (χ1v) is 9.35. The number of amides is 1. The Hall–Kier alpha value is -2.47. The van der Waals surface area contributed by atoms with Crippen molar-refractivity contribution in [2.45, 2.75) is 37.8 Å². The quantitative estimate of drug-likeness (QED) is 0.781. The molecule has 1 heterocycles. The molecular formula is C20H23ClN2O4. The number of ether oxygens (including phenoxy) is 3. The average Bonchev–Trinajstić information content (AvgIpc) is 2.70. The number of nitrogens with zero attached hydrogens (tertiary/aromatic N) is 1. The summed E-state index contributed by atoms with van der Waals surface area (Å²) < 4.78 is 16.6. The monoisotopic (exact) mass is 390 g/mol. The molecule has 6 nitrogen and oxygen atoms in total. The number of pyridine rings is 1. The van der Waals surface area contributed by atoms with Crippen LogP contribution in [0.1, 0.15) is 25.7 Å². The lowest BCUT2D eigenvalue weighted by molar-refractivity contribution is -0.124. The summed E-state index contributed by atoms with van der Waals surface area (Å²) in [7, 11) is 1.57. The Balaban J connectivity index is 1.39. The van der Waals surface area contributed by atoms with Crippen molar-refractivity contribution < 1.29 is 19.0 Å². The third-order valence-electron chi connectivity index (χ3n) is 4.45. The van der Waals surface area contributed by atoms with Crippen molar-refractivity contribution in [3.8, 4) is 17.4 Å². The topological polar surface area (TPSA) is 69.7 Å². The first kappa shape index (κ1) is 19.3. The van der Waals surface area contributed by atoms with E-state index in [2.05, 4.69) is 10.3 Å². The van der Waals surface area contributed by atoms with Crippen LogP contribution in [0.2, 0.25) is 5.02 Å². The number of hydrogen-bond donors (Lipinski definition) is 1. The van der Waals surface area contributed by atoms with Crippen LogP contribution in [0.4, 0.5) is 0 Å². The molecule has 3 rings (SSSR count). The lowest BCUT2D eigenvalue weighted by Crippen LogP contribution is -2.41. The van der Waals surface area contributed by atoms with Crippen molar-refractivity contribution >= 4 is 17.5 Å². The van der Waals surface area contributed by atoms with Gasteiger partial charge in [0.05, 0.1) is 12.1 Å². The second kappa shape index (κ2) is 9.46. The Kier molecular flexibility index (Phi) is 6.76. The van der Waals surface area contributed by atoms with Gasteiger partial charge in [0.1, 0.15) is 6.10 Å². The van der Waals surface area contributed by atoms with Crippen LogP contribution in [-0.2, 0) is 4.79 Å². The van der Waals surface area contributed by atoms with E-state index in [1.54, 1.807) is 37.6 Å². The number of hydrogen-bond acceptors (Lipinski definition) is 5. The summed E-state index contributed by atoms with van der Waals surface area (Å²) in [6.45, 7) is -0.0362. The van der Waals surface area contributed by atoms with Gasteiger partial charge in [0.2, 0.25) is 5.88 Å². The number of benzene rings is 1. The highest BCUT2D eigenvalue weighted by Crippen LogP contribution is 2.26. The first-order chi connectivity index (χ1) is 13.1. The number of aromatic nitrogens is 1. The predicted molar refractivity (Wildman–Crippen MR) is 103 cm³/mol. The van der Waals surface area contributed by atoms with Gasteiger partial charge in [-0.05, 0) is 43.9 Å². The highest BCUT2D eigenvalue weighted by Gasteiger charge is 2.24. The molecule has 1 aliphatic rings. The van der Waals surface area contributed by atoms with E-state index in [1.807, 2.05) is 12.1 Å². The molecule has 1 aliphatic carbocycles. The molecule has 0 unspecified atom stereocenters. The van der Waals surface area contributed by atoms with E-state index >= 15 is 0 Å². The largest absolute Gasteiger partial charge is 0.493 e. The maximum Gasteiger partial charge on any atom is 0.258 e. The number of carbonyl (C=O) groups is 1. The van der Waals surface area contributed by atoms with Gasteiger partial charge in [0, 0.05) is 18.3 Å². The normalized spacial score (nSPS) is 19.2. The molecule has 0 radical (unpaired) electrons. The Morgan fingerprint density at radius 2 is 1.89 bits per heavy atom. The van der Waals surface area contributed by atoms with E-state index in [-0.39, 0.29) is 24.7 Å². The van der Waals surface area contributed by atoms with Crippen LogP contribution in [0.5, 0.6) is 17.4 Å². The summed E-state index contributed by atoms with van der Waals surface area (Å²) >= 11 is 5.83. The highest BCUT2D eigenvalue weighted by atomic mass is 35.5. The van der Waals surface area contributed by atoms with Gasteiger partial charge < -0.3 is 19.5 Å². The number of carbonyl (C=O) groups excluding carboxylic acids is 1. The van der Waals surface area contributed by atoms with Gasteiger partial charge in [-0.1, -0.05) is 23.7 Å². The zero-order valence-corrected chi connectivity index (χ0v) is 15.9. The fourth-order valence-corrected chi connectivity index (χ4v) is 3.19. The van der Waals surface area contributed by atoms with Crippen molar-refractivity contribution in [2.75, 3.05) is 13.7 Å². The summed E-state index contributed by atoms with van der Waals surface area (Å²) in [6.07, 6.45) is 5.13. The molecule has 7 heteroatoms. The molecule has 0 atom stereocenters. The standard InChI is InChI=1S/C20H23ClN2O4/c1-25-17-4-2-3-5-18(17)26-13-19(24)23-15-7-9-16(10-8-15)27-20-11-6-14(21)12-22-20/h2-6,11-12,15-16H,7-10,13H2,1H3,(H,23,24). The van der Waals surface area contributed by atoms with E-state index in [4.69, 9.17) is 25.8 Å². The number of nitrogens with one attached hydrogen (secondary N) is 1. The average molecular weight is 391 g/mol. The summed E-state index contributed by atoms with van der Waals surface area (Å²) in [5.41, 5.74) is 0. The van der Waals surface area contributed by atoms with Crippen molar-refractivity contribution in [3.05, 3.63) is 47.6 Å². The van der Waals surface area contributed by atoms with Gasteiger partial charge in [0.25, 0.3) is 5.91 Å². The molecule has 0 bridgehead atoms. The van der Waals surface area contributed by atoms with Crippen molar-refractivity contribution in [3.63, 3.8) is 0 Å². The minimum absolute atomic E-state index is 0.0362. The van der Waals surface area contributed by atoms with Gasteiger partial charge in [-0.2, -0.15) is 0 Å². The van der Waals surface area contributed by atoms with Gasteiger partial charge in [-0.3, -0.25) is 4.79 Å². The molecule has 1 N–H and O–H groups in total. The Morgan fingerprint density at radius 1 is 1.15 bits per heavy atom. The van der Waals surface area contributed by atoms with Gasteiger partial charge in [-0.25, -0.2) is 4.98 Å². The van der Waals surface area contributed by atoms with Crippen molar-refractivity contribution in [2.24, 2.45) is 0 Å². The van der Waals surface area contributed by atoms with Gasteiger partial charge >= 0.3 is 0 Å². The molecule has 0 saturated heterocycles. The van der Waals surface area contributed by atoms with Crippen LogP contribution in [-0.4, -0.2) is 36.8 Å². The van der Waals surface area contributed by atoms with E-state index in [0.29, 0.717) is 22.4 Å². The van der Waals surface area contributed by atoms with Crippen LogP contribution in [0.15, 0.2) is 42.6 Å². The Morgan fingerprint density at radius 3 is 2.56 bits per heavy atom. The summed E-state index contributed by atoms with van der Waals surface area (Å²) in [6, 6.07) is 10.9. The molecule has 1 aromatic heterocycles. The lowest BCUT2D eigenvalue weighted by atomic mass is 9.93. The van der Waals surface area contributed by atoms with Crippen LogP contribution in [0.3, 0.4) is 0 Å². The van der Waals surface area contributed by atoms with Crippen molar-refractivity contribution in [1.82, 2.24) is 10.3 Å². The van der Waals surface area contributed by atoms with Crippen LogP contribution in [0.25, 0.3) is 0 Å². The van der Waals surface area contributed by atoms with E-state index in [0.717, 1.165) is 25.7 Å². The Bertz CT molecular complexity index is 746. The molecule has 1 amide bonds. The molecule has 27 heavy (non-hydrogen) atoms. The lowest BCUT2D eigenvalue weighted by Gasteiger charge is -2.29. The highest BCUT2D eigenvalue weighted by molar-refractivity contribution is 6.30. The smallest absolute Gasteiger partial charge is 0.258 e. The summed E-state index contributed by atoms with van der Waals surface area (Å²) in [4.78, 5) is 16.3. The second-order valence-corrected chi connectivity index (χ2v) is 6.85. The Labute approximate surface area is 163 Å². The molecule has 144 valence electrons. The van der Waals surface area contributed by atoms with Gasteiger partial charge in [0.15, 0.2) is 18.1 Å². The molecular weight excluding hydrogens is 368 g/mol.